The van der Waals surface area contributed by atoms with E-state index in [1.54, 1.807) is 25.6 Å². The molecular weight excluding hydrogens is 412 g/mol. The molecule has 0 spiro atoms. The first-order valence-electron chi connectivity index (χ1n) is 9.17. The Labute approximate surface area is 177 Å². The summed E-state index contributed by atoms with van der Waals surface area (Å²) in [4.78, 5) is 21.3. The molecule has 0 saturated carbocycles. The van der Waals surface area contributed by atoms with Crippen molar-refractivity contribution in [2.45, 2.75) is 0 Å². The van der Waals surface area contributed by atoms with Crippen LogP contribution in [0, 0.1) is 0 Å². The number of rotatable bonds is 4. The average Bonchev–Trinajstić information content (AvgIpc) is 3.21. The van der Waals surface area contributed by atoms with Crippen LogP contribution < -0.4 is 19.7 Å². The molecule has 2 aromatic carbocycles. The van der Waals surface area contributed by atoms with Gasteiger partial charge in [0.25, 0.3) is 0 Å². The Hall–Kier alpha value is -2.71. The number of carbonyl (C=O) groups excluding carboxylic acids is 1. The molecule has 152 valence electrons. The summed E-state index contributed by atoms with van der Waals surface area (Å²) in [7, 11) is 3.24. The Morgan fingerprint density at radius 1 is 1.07 bits per heavy atom. The molecule has 7 nitrogen and oxygen atoms in total. The van der Waals surface area contributed by atoms with Crippen LogP contribution in [0.5, 0.6) is 11.5 Å². The zero-order chi connectivity index (χ0) is 20.4. The second-order valence-electron chi connectivity index (χ2n) is 6.56. The quantitative estimate of drug-likeness (QED) is 0.665. The number of benzene rings is 2. The van der Waals surface area contributed by atoms with E-state index in [9.17, 15) is 4.79 Å². The van der Waals surface area contributed by atoms with Crippen LogP contribution in [-0.2, 0) is 0 Å². The van der Waals surface area contributed by atoms with Crippen LogP contribution >= 0.6 is 22.9 Å². The van der Waals surface area contributed by atoms with Gasteiger partial charge in [0.1, 0.15) is 17.0 Å². The number of ether oxygens (including phenoxy) is 2. The SMILES string of the molecule is COc1ccc(NC(=O)N2CCN(c3nc4c(OC)ccc(Cl)c4s3)CC2)cc1. The van der Waals surface area contributed by atoms with Crippen molar-refractivity contribution >= 4 is 50.0 Å². The molecule has 0 bridgehead atoms. The van der Waals surface area contributed by atoms with Crippen LogP contribution in [0.3, 0.4) is 0 Å². The highest BCUT2D eigenvalue weighted by Crippen LogP contribution is 2.38. The van der Waals surface area contributed by atoms with Gasteiger partial charge in [-0.15, -0.1) is 0 Å². The van der Waals surface area contributed by atoms with Gasteiger partial charge < -0.3 is 24.6 Å². The molecule has 1 N–H and O–H groups in total. The summed E-state index contributed by atoms with van der Waals surface area (Å²) in [6, 6.07) is 10.8. The maximum Gasteiger partial charge on any atom is 0.321 e. The van der Waals surface area contributed by atoms with E-state index in [0.717, 1.165) is 26.8 Å². The van der Waals surface area contributed by atoms with Crippen molar-refractivity contribution in [1.29, 1.82) is 0 Å². The average molecular weight is 433 g/mol. The van der Waals surface area contributed by atoms with Gasteiger partial charge in [-0.1, -0.05) is 22.9 Å². The number of methoxy groups -OCH3 is 2. The third kappa shape index (κ3) is 4.04. The molecule has 1 fully saturated rings. The summed E-state index contributed by atoms with van der Waals surface area (Å²) in [5.74, 6) is 1.47. The first-order chi connectivity index (χ1) is 14.1. The number of carbonyl (C=O) groups is 1. The topological polar surface area (TPSA) is 66.9 Å². The van der Waals surface area contributed by atoms with E-state index in [1.807, 2.05) is 41.3 Å². The minimum absolute atomic E-state index is 0.108. The van der Waals surface area contributed by atoms with Crippen LogP contribution in [0.2, 0.25) is 5.02 Å². The number of nitrogens with one attached hydrogen (secondary N) is 1. The smallest absolute Gasteiger partial charge is 0.321 e. The predicted molar refractivity (Wildman–Crippen MR) is 117 cm³/mol. The molecule has 3 aromatic rings. The number of amides is 2. The molecular formula is C20H21ClN4O3S. The Bertz CT molecular complexity index is 1020. The molecule has 9 heteroatoms. The first-order valence-corrected chi connectivity index (χ1v) is 10.4. The fraction of sp³-hybridized carbons (Fsp3) is 0.300. The van der Waals surface area contributed by atoms with E-state index < -0.39 is 0 Å². The van der Waals surface area contributed by atoms with Gasteiger partial charge >= 0.3 is 6.03 Å². The van der Waals surface area contributed by atoms with E-state index in [0.29, 0.717) is 37.0 Å². The van der Waals surface area contributed by atoms with Crippen molar-refractivity contribution in [2.24, 2.45) is 0 Å². The van der Waals surface area contributed by atoms with Crippen molar-refractivity contribution < 1.29 is 14.3 Å². The summed E-state index contributed by atoms with van der Waals surface area (Å²) < 4.78 is 11.5. The van der Waals surface area contributed by atoms with E-state index in [2.05, 4.69) is 10.2 Å². The van der Waals surface area contributed by atoms with Crippen molar-refractivity contribution in [3.05, 3.63) is 41.4 Å². The lowest BCUT2D eigenvalue weighted by molar-refractivity contribution is 0.208. The first kappa shape index (κ1) is 19.6. The minimum atomic E-state index is -0.108. The highest BCUT2D eigenvalue weighted by Gasteiger charge is 2.24. The normalized spacial score (nSPS) is 14.2. The molecule has 2 amide bonds. The number of urea groups is 1. The second kappa shape index (κ2) is 8.34. The van der Waals surface area contributed by atoms with E-state index >= 15 is 0 Å². The van der Waals surface area contributed by atoms with Crippen molar-refractivity contribution in [2.75, 3.05) is 50.6 Å². The molecule has 1 aromatic heterocycles. The molecule has 2 heterocycles. The van der Waals surface area contributed by atoms with Gasteiger partial charge in [-0.05, 0) is 36.4 Å². The van der Waals surface area contributed by atoms with Gasteiger partial charge in [0, 0.05) is 31.9 Å². The lowest BCUT2D eigenvalue weighted by Gasteiger charge is -2.34. The molecule has 0 unspecified atom stereocenters. The molecule has 0 radical (unpaired) electrons. The summed E-state index contributed by atoms with van der Waals surface area (Å²) in [5.41, 5.74) is 1.52. The van der Waals surface area contributed by atoms with Crippen molar-refractivity contribution in [1.82, 2.24) is 9.88 Å². The van der Waals surface area contributed by atoms with Crippen LogP contribution in [-0.4, -0.2) is 56.3 Å². The number of halogens is 1. The molecule has 1 aliphatic heterocycles. The Kier molecular flexibility index (Phi) is 5.64. The Morgan fingerprint density at radius 2 is 1.79 bits per heavy atom. The zero-order valence-corrected chi connectivity index (χ0v) is 17.7. The monoisotopic (exact) mass is 432 g/mol. The number of hydrogen-bond donors (Lipinski definition) is 1. The lowest BCUT2D eigenvalue weighted by atomic mass is 10.3. The van der Waals surface area contributed by atoms with Gasteiger partial charge in [0.05, 0.1) is 23.9 Å². The summed E-state index contributed by atoms with van der Waals surface area (Å²) in [6.07, 6.45) is 0. The molecule has 0 atom stereocenters. The number of hydrogen-bond acceptors (Lipinski definition) is 6. The number of thiazole rings is 1. The maximum absolute atomic E-state index is 12.6. The molecule has 29 heavy (non-hydrogen) atoms. The number of piperazine rings is 1. The van der Waals surface area contributed by atoms with E-state index in [-0.39, 0.29) is 6.03 Å². The molecule has 1 aliphatic rings. The van der Waals surface area contributed by atoms with Crippen LogP contribution in [0.25, 0.3) is 10.2 Å². The third-order valence-electron chi connectivity index (χ3n) is 4.85. The van der Waals surface area contributed by atoms with Gasteiger partial charge in [0.15, 0.2) is 5.13 Å². The number of aromatic nitrogens is 1. The van der Waals surface area contributed by atoms with E-state index in [1.165, 1.54) is 0 Å². The van der Waals surface area contributed by atoms with Gasteiger partial charge in [-0.25, -0.2) is 9.78 Å². The highest BCUT2D eigenvalue weighted by molar-refractivity contribution is 7.22. The zero-order valence-electron chi connectivity index (χ0n) is 16.1. The van der Waals surface area contributed by atoms with Crippen LogP contribution in [0.4, 0.5) is 15.6 Å². The highest BCUT2D eigenvalue weighted by atomic mass is 35.5. The predicted octanol–water partition coefficient (Wildman–Crippen LogP) is 4.32. The molecule has 4 rings (SSSR count). The van der Waals surface area contributed by atoms with Crippen LogP contribution in [0.1, 0.15) is 0 Å². The maximum atomic E-state index is 12.6. The number of fused-ring (bicyclic) bond motifs is 1. The standard InChI is InChI=1S/C20H21ClN4O3S/c1-27-14-5-3-13(4-6-14)22-19(26)24-9-11-25(12-10-24)20-23-17-16(28-2)8-7-15(21)18(17)29-20/h3-8H,9-12H2,1-2H3,(H,22,26). The number of anilines is 2. The third-order valence-corrected chi connectivity index (χ3v) is 6.42. The Balaban J connectivity index is 1.40. The minimum Gasteiger partial charge on any atom is -0.497 e. The fourth-order valence-electron chi connectivity index (χ4n) is 3.22. The fourth-order valence-corrected chi connectivity index (χ4v) is 4.53. The van der Waals surface area contributed by atoms with Crippen molar-refractivity contribution in [3.8, 4) is 11.5 Å². The lowest BCUT2D eigenvalue weighted by Crippen LogP contribution is -2.50. The Morgan fingerprint density at radius 3 is 2.45 bits per heavy atom. The van der Waals surface area contributed by atoms with Crippen LogP contribution in [0.15, 0.2) is 36.4 Å². The van der Waals surface area contributed by atoms with E-state index in [4.69, 9.17) is 26.1 Å². The van der Waals surface area contributed by atoms with Gasteiger partial charge in [0.2, 0.25) is 0 Å². The summed E-state index contributed by atoms with van der Waals surface area (Å²) in [6.45, 7) is 2.64. The number of nitrogens with zero attached hydrogens (tertiary/aromatic N) is 3. The molecule has 1 saturated heterocycles. The summed E-state index contributed by atoms with van der Waals surface area (Å²) in [5, 5.41) is 4.49. The largest absolute Gasteiger partial charge is 0.497 e. The second-order valence-corrected chi connectivity index (χ2v) is 7.94. The van der Waals surface area contributed by atoms with Gasteiger partial charge in [-0.3, -0.25) is 0 Å². The van der Waals surface area contributed by atoms with Gasteiger partial charge in [-0.2, -0.15) is 0 Å². The molecule has 0 aliphatic carbocycles. The summed E-state index contributed by atoms with van der Waals surface area (Å²) >= 11 is 7.87. The van der Waals surface area contributed by atoms with Crippen molar-refractivity contribution in [3.63, 3.8) is 0 Å².